The van der Waals surface area contributed by atoms with E-state index in [0.29, 0.717) is 18.2 Å². The summed E-state index contributed by atoms with van der Waals surface area (Å²) in [5, 5.41) is 10.4. The lowest BCUT2D eigenvalue weighted by Gasteiger charge is -2.24. The summed E-state index contributed by atoms with van der Waals surface area (Å²) in [6.07, 6.45) is 12.4. The summed E-state index contributed by atoms with van der Waals surface area (Å²) in [5.74, 6) is 0.882. The lowest BCUT2D eigenvalue weighted by molar-refractivity contribution is 0.255. The van der Waals surface area contributed by atoms with Crippen LogP contribution in [0.15, 0.2) is 12.3 Å². The van der Waals surface area contributed by atoms with Gasteiger partial charge in [-0.25, -0.2) is 0 Å². The van der Waals surface area contributed by atoms with Gasteiger partial charge in [0.25, 0.3) is 0 Å². The normalized spacial score (nSPS) is 22.8. The molecule has 0 aliphatic carbocycles. The SMILES string of the molecule is CCCC(CC)CN1CC[C@H](NC(/C=C\NC(C)NC)CCC)C1. The molecule has 0 aromatic rings. The molecule has 4 atom stereocenters. The fourth-order valence-electron chi connectivity index (χ4n) is 3.58. The van der Waals surface area contributed by atoms with Crippen LogP contribution in [-0.4, -0.2) is 49.8 Å². The van der Waals surface area contributed by atoms with Gasteiger partial charge < -0.3 is 20.9 Å². The van der Waals surface area contributed by atoms with E-state index in [9.17, 15) is 0 Å². The van der Waals surface area contributed by atoms with E-state index in [1.54, 1.807) is 0 Å². The van der Waals surface area contributed by atoms with Gasteiger partial charge in [0, 0.05) is 25.2 Å². The van der Waals surface area contributed by atoms with Gasteiger partial charge in [-0.1, -0.05) is 46.1 Å². The van der Waals surface area contributed by atoms with Crippen LogP contribution in [0.25, 0.3) is 0 Å². The zero-order valence-electron chi connectivity index (χ0n) is 16.8. The van der Waals surface area contributed by atoms with Gasteiger partial charge in [0.15, 0.2) is 0 Å². The standard InChI is InChI=1S/C20H42N4/c1-6-9-18(8-3)15-24-14-12-20(16-24)23-19(10-7-2)11-13-22-17(4)21-5/h11,13,17-23H,6-10,12,14-16H2,1-5H3/b13-11-/t17?,18?,19?,20-/m0/s1. The maximum atomic E-state index is 3.87. The smallest absolute Gasteiger partial charge is 0.0731 e. The van der Waals surface area contributed by atoms with E-state index in [4.69, 9.17) is 0 Å². The molecule has 1 fully saturated rings. The number of hydrogen-bond donors (Lipinski definition) is 3. The summed E-state index contributed by atoms with van der Waals surface area (Å²) in [5.41, 5.74) is 0. The molecule has 24 heavy (non-hydrogen) atoms. The fourth-order valence-corrected chi connectivity index (χ4v) is 3.58. The Kier molecular flexibility index (Phi) is 11.4. The number of likely N-dealkylation sites (tertiary alicyclic amines) is 1. The van der Waals surface area contributed by atoms with Crippen molar-refractivity contribution in [3.05, 3.63) is 12.3 Å². The van der Waals surface area contributed by atoms with Gasteiger partial charge in [-0.15, -0.1) is 0 Å². The van der Waals surface area contributed by atoms with Crippen molar-refractivity contribution in [1.82, 2.24) is 20.9 Å². The molecule has 0 amide bonds. The maximum absolute atomic E-state index is 3.87. The molecule has 1 aliphatic heterocycles. The first kappa shape index (κ1) is 21.5. The highest BCUT2D eigenvalue weighted by Gasteiger charge is 2.25. The zero-order chi connectivity index (χ0) is 17.8. The van der Waals surface area contributed by atoms with Crippen LogP contribution in [0.2, 0.25) is 0 Å². The average Bonchev–Trinajstić information content (AvgIpc) is 3.01. The monoisotopic (exact) mass is 338 g/mol. The quantitative estimate of drug-likeness (QED) is 0.451. The minimum Gasteiger partial charge on any atom is -0.376 e. The van der Waals surface area contributed by atoms with E-state index >= 15 is 0 Å². The van der Waals surface area contributed by atoms with Crippen LogP contribution in [-0.2, 0) is 0 Å². The maximum Gasteiger partial charge on any atom is 0.0731 e. The molecular weight excluding hydrogens is 296 g/mol. The van der Waals surface area contributed by atoms with E-state index in [1.807, 2.05) is 7.05 Å². The summed E-state index contributed by atoms with van der Waals surface area (Å²) in [6.45, 7) is 12.8. The highest BCUT2D eigenvalue weighted by atomic mass is 15.2. The number of nitrogens with one attached hydrogen (secondary N) is 3. The van der Waals surface area contributed by atoms with Crippen molar-refractivity contribution < 1.29 is 0 Å². The molecule has 0 saturated carbocycles. The van der Waals surface area contributed by atoms with Crippen LogP contribution in [0.1, 0.15) is 66.2 Å². The van der Waals surface area contributed by atoms with Crippen LogP contribution in [0.4, 0.5) is 0 Å². The van der Waals surface area contributed by atoms with Gasteiger partial charge in [-0.05, 0) is 51.9 Å². The van der Waals surface area contributed by atoms with Gasteiger partial charge >= 0.3 is 0 Å². The van der Waals surface area contributed by atoms with E-state index in [0.717, 1.165) is 5.92 Å². The molecule has 1 heterocycles. The van der Waals surface area contributed by atoms with Crippen LogP contribution >= 0.6 is 0 Å². The number of hydrogen-bond acceptors (Lipinski definition) is 4. The molecule has 0 bridgehead atoms. The van der Waals surface area contributed by atoms with Gasteiger partial charge in [-0.3, -0.25) is 0 Å². The predicted octanol–water partition coefficient (Wildman–Crippen LogP) is 3.31. The van der Waals surface area contributed by atoms with Gasteiger partial charge in [0.1, 0.15) is 0 Å². The van der Waals surface area contributed by atoms with Crippen molar-refractivity contribution in [2.24, 2.45) is 5.92 Å². The molecule has 4 heteroatoms. The molecule has 1 saturated heterocycles. The Bertz CT molecular complexity index is 332. The minimum absolute atomic E-state index is 0.315. The van der Waals surface area contributed by atoms with E-state index in [-0.39, 0.29) is 0 Å². The van der Waals surface area contributed by atoms with E-state index in [1.165, 1.54) is 58.2 Å². The highest BCUT2D eigenvalue weighted by molar-refractivity contribution is 4.96. The highest BCUT2D eigenvalue weighted by Crippen LogP contribution is 2.18. The van der Waals surface area contributed by atoms with Gasteiger partial charge in [0.05, 0.1) is 6.17 Å². The second-order valence-corrected chi connectivity index (χ2v) is 7.41. The lowest BCUT2D eigenvalue weighted by atomic mass is 10.0. The number of rotatable bonds is 13. The van der Waals surface area contributed by atoms with E-state index < -0.39 is 0 Å². The summed E-state index contributed by atoms with van der Waals surface area (Å²) < 4.78 is 0. The van der Waals surface area contributed by atoms with Crippen molar-refractivity contribution in [3.63, 3.8) is 0 Å². The molecule has 3 N–H and O–H groups in total. The number of nitrogens with zero attached hydrogens (tertiary/aromatic N) is 1. The van der Waals surface area contributed by atoms with Crippen molar-refractivity contribution in [2.75, 3.05) is 26.7 Å². The van der Waals surface area contributed by atoms with Crippen molar-refractivity contribution in [2.45, 2.75) is 84.5 Å². The first-order valence-corrected chi connectivity index (χ1v) is 10.2. The third-order valence-corrected chi connectivity index (χ3v) is 5.22. The molecule has 0 aromatic carbocycles. The largest absolute Gasteiger partial charge is 0.376 e. The molecular formula is C20H42N4. The Hall–Kier alpha value is -0.580. The van der Waals surface area contributed by atoms with Crippen LogP contribution in [0, 0.1) is 5.92 Å². The average molecular weight is 339 g/mol. The van der Waals surface area contributed by atoms with Gasteiger partial charge in [-0.2, -0.15) is 0 Å². The van der Waals surface area contributed by atoms with Crippen molar-refractivity contribution in [3.8, 4) is 0 Å². The third kappa shape index (κ3) is 8.50. The topological polar surface area (TPSA) is 39.3 Å². The Balaban J connectivity index is 2.39. The molecule has 1 rings (SSSR count). The molecule has 0 aromatic heterocycles. The molecule has 142 valence electrons. The first-order valence-electron chi connectivity index (χ1n) is 10.2. The third-order valence-electron chi connectivity index (χ3n) is 5.22. The van der Waals surface area contributed by atoms with Gasteiger partial charge in [0.2, 0.25) is 0 Å². The molecule has 3 unspecified atom stereocenters. The van der Waals surface area contributed by atoms with Crippen molar-refractivity contribution in [1.29, 1.82) is 0 Å². The first-order chi connectivity index (χ1) is 11.6. The second-order valence-electron chi connectivity index (χ2n) is 7.41. The summed E-state index contributed by atoms with van der Waals surface area (Å²) in [4.78, 5) is 2.68. The van der Waals surface area contributed by atoms with Crippen molar-refractivity contribution >= 4 is 0 Å². The van der Waals surface area contributed by atoms with Crippen LogP contribution < -0.4 is 16.0 Å². The molecule has 0 radical (unpaired) electrons. The molecule has 0 spiro atoms. The predicted molar refractivity (Wildman–Crippen MR) is 106 cm³/mol. The summed E-state index contributed by atoms with van der Waals surface area (Å²) in [7, 11) is 1.97. The second kappa shape index (κ2) is 12.7. The Labute approximate surface area is 150 Å². The lowest BCUT2D eigenvalue weighted by Crippen LogP contribution is -2.40. The Morgan fingerprint density at radius 3 is 2.54 bits per heavy atom. The van der Waals surface area contributed by atoms with E-state index in [2.05, 4.69) is 60.8 Å². The summed E-state index contributed by atoms with van der Waals surface area (Å²) in [6, 6.07) is 1.13. The fraction of sp³-hybridized carbons (Fsp3) is 0.900. The summed E-state index contributed by atoms with van der Waals surface area (Å²) >= 11 is 0. The zero-order valence-corrected chi connectivity index (χ0v) is 16.8. The van der Waals surface area contributed by atoms with Crippen LogP contribution in [0.3, 0.4) is 0 Å². The van der Waals surface area contributed by atoms with Crippen LogP contribution in [0.5, 0.6) is 0 Å². The molecule has 1 aliphatic rings. The minimum atomic E-state index is 0.315. The Morgan fingerprint density at radius 2 is 1.92 bits per heavy atom. The Morgan fingerprint density at radius 1 is 1.17 bits per heavy atom. The molecule has 4 nitrogen and oxygen atoms in total.